The summed E-state index contributed by atoms with van der Waals surface area (Å²) in [6.07, 6.45) is -2.14. The van der Waals surface area contributed by atoms with Crippen molar-refractivity contribution in [3.05, 3.63) is 64.5 Å². The Bertz CT molecular complexity index is 1120. The molecule has 1 aromatic carbocycles. The molecule has 0 bridgehead atoms. The summed E-state index contributed by atoms with van der Waals surface area (Å²) in [4.78, 5) is 15.8. The van der Waals surface area contributed by atoms with Crippen molar-refractivity contribution in [3.63, 3.8) is 0 Å². The van der Waals surface area contributed by atoms with Crippen LogP contribution in [0.25, 0.3) is 11.3 Å². The lowest BCUT2D eigenvalue weighted by Crippen LogP contribution is -2.44. The van der Waals surface area contributed by atoms with Gasteiger partial charge in [-0.3, -0.25) is 4.90 Å². The van der Waals surface area contributed by atoms with Crippen LogP contribution >= 0.6 is 11.3 Å². The summed E-state index contributed by atoms with van der Waals surface area (Å²) in [6.45, 7) is 3.97. The predicted octanol–water partition coefficient (Wildman–Crippen LogP) is 4.56. The number of carboxylic acid groups (broad SMARTS) is 1. The van der Waals surface area contributed by atoms with Crippen LogP contribution in [0.4, 0.5) is 17.6 Å². The van der Waals surface area contributed by atoms with E-state index in [9.17, 15) is 17.6 Å². The first kappa shape index (κ1) is 23.4. The molecule has 0 saturated carbocycles. The Balaban J connectivity index is 0.000000325. The summed E-state index contributed by atoms with van der Waals surface area (Å²) in [6, 6.07) is 9.01. The Morgan fingerprint density at radius 1 is 1.27 bits per heavy atom. The Morgan fingerprint density at radius 2 is 2.06 bits per heavy atom. The van der Waals surface area contributed by atoms with Crippen LogP contribution in [0, 0.1) is 5.82 Å². The molecule has 0 amide bonds. The molecule has 1 saturated heterocycles. The number of halogens is 4. The first-order chi connectivity index (χ1) is 15.7. The molecule has 1 spiro atoms. The van der Waals surface area contributed by atoms with Gasteiger partial charge in [-0.15, -0.1) is 0 Å². The molecule has 11 heteroatoms. The van der Waals surface area contributed by atoms with Crippen LogP contribution in [0.1, 0.15) is 17.8 Å². The van der Waals surface area contributed by atoms with Crippen molar-refractivity contribution >= 4 is 17.3 Å². The van der Waals surface area contributed by atoms with Crippen molar-refractivity contribution in [2.45, 2.75) is 37.9 Å². The van der Waals surface area contributed by atoms with Gasteiger partial charge in [0.05, 0.1) is 18.4 Å². The molecule has 0 aliphatic carbocycles. The molecule has 2 aliphatic rings. The summed E-state index contributed by atoms with van der Waals surface area (Å²) in [5.41, 5.74) is 3.24. The van der Waals surface area contributed by atoms with Crippen molar-refractivity contribution in [1.82, 2.24) is 14.5 Å². The van der Waals surface area contributed by atoms with Crippen LogP contribution in [0.3, 0.4) is 0 Å². The SMILES string of the molecule is Fc1cccc(CN2CCC3(C2)Cn2c(-c4ccsc4)cnc2CO3)c1.O=C(O)C(F)(F)F. The molecule has 1 unspecified atom stereocenters. The van der Waals surface area contributed by atoms with E-state index in [0.717, 1.165) is 44.0 Å². The van der Waals surface area contributed by atoms with Gasteiger partial charge in [-0.2, -0.15) is 24.5 Å². The Morgan fingerprint density at radius 3 is 2.73 bits per heavy atom. The molecule has 1 fully saturated rings. The van der Waals surface area contributed by atoms with Crippen LogP contribution in [0.15, 0.2) is 47.3 Å². The van der Waals surface area contributed by atoms with E-state index >= 15 is 0 Å². The number of likely N-dealkylation sites (tertiary alicyclic amines) is 1. The number of nitrogens with zero attached hydrogens (tertiary/aromatic N) is 3. The van der Waals surface area contributed by atoms with Crippen LogP contribution in [-0.4, -0.2) is 50.4 Å². The van der Waals surface area contributed by atoms with Gasteiger partial charge in [0.2, 0.25) is 0 Å². The second kappa shape index (κ2) is 9.24. The number of ether oxygens (including phenoxy) is 1. The van der Waals surface area contributed by atoms with Crippen molar-refractivity contribution in [2.75, 3.05) is 13.1 Å². The van der Waals surface area contributed by atoms with Crippen molar-refractivity contribution in [3.8, 4) is 11.3 Å². The number of carboxylic acids is 1. The third kappa shape index (κ3) is 5.43. The molecule has 2 aliphatic heterocycles. The van der Waals surface area contributed by atoms with Crippen molar-refractivity contribution in [2.24, 2.45) is 0 Å². The highest BCUT2D eigenvalue weighted by Crippen LogP contribution is 2.36. The van der Waals surface area contributed by atoms with Crippen LogP contribution < -0.4 is 0 Å². The maximum absolute atomic E-state index is 13.4. The molecule has 4 heterocycles. The van der Waals surface area contributed by atoms with E-state index in [4.69, 9.17) is 14.6 Å². The Hall–Kier alpha value is -2.76. The summed E-state index contributed by atoms with van der Waals surface area (Å²) >= 11 is 1.70. The zero-order valence-corrected chi connectivity index (χ0v) is 18.2. The number of aliphatic carboxylic acids is 1. The van der Waals surface area contributed by atoms with Gasteiger partial charge in [0, 0.05) is 30.6 Å². The average Bonchev–Trinajstić information content (AvgIpc) is 3.48. The van der Waals surface area contributed by atoms with Gasteiger partial charge in [0.15, 0.2) is 0 Å². The first-order valence-electron chi connectivity index (χ1n) is 10.1. The third-order valence-corrected chi connectivity index (χ3v) is 6.33. The van der Waals surface area contributed by atoms with Gasteiger partial charge in [-0.05, 0) is 35.6 Å². The van der Waals surface area contributed by atoms with E-state index in [0.29, 0.717) is 6.61 Å². The van der Waals surface area contributed by atoms with Gasteiger partial charge in [0.25, 0.3) is 0 Å². The molecule has 1 N–H and O–H groups in total. The monoisotopic (exact) mass is 483 g/mol. The Kier molecular flexibility index (Phi) is 6.55. The number of hydrogen-bond acceptors (Lipinski definition) is 5. The van der Waals surface area contributed by atoms with E-state index in [1.54, 1.807) is 23.5 Å². The van der Waals surface area contributed by atoms with E-state index in [1.165, 1.54) is 17.3 Å². The van der Waals surface area contributed by atoms with Crippen molar-refractivity contribution < 1.29 is 32.2 Å². The highest BCUT2D eigenvalue weighted by atomic mass is 32.1. The second-order valence-electron chi connectivity index (χ2n) is 8.02. The molecular formula is C22H21F4N3O3S. The summed E-state index contributed by atoms with van der Waals surface area (Å²) in [5, 5.41) is 11.4. The molecule has 33 heavy (non-hydrogen) atoms. The van der Waals surface area contributed by atoms with E-state index < -0.39 is 12.1 Å². The molecule has 2 aromatic heterocycles. The number of rotatable bonds is 3. The summed E-state index contributed by atoms with van der Waals surface area (Å²) in [5.74, 6) is -1.93. The quantitative estimate of drug-likeness (QED) is 0.554. The smallest absolute Gasteiger partial charge is 0.475 e. The molecule has 6 nitrogen and oxygen atoms in total. The highest BCUT2D eigenvalue weighted by molar-refractivity contribution is 7.08. The van der Waals surface area contributed by atoms with Gasteiger partial charge in [-0.25, -0.2) is 14.2 Å². The first-order valence-corrected chi connectivity index (χ1v) is 11.1. The fourth-order valence-electron chi connectivity index (χ4n) is 4.10. The second-order valence-corrected chi connectivity index (χ2v) is 8.80. The number of carbonyl (C=O) groups is 1. The molecule has 176 valence electrons. The maximum atomic E-state index is 13.4. The predicted molar refractivity (Wildman–Crippen MR) is 113 cm³/mol. The minimum atomic E-state index is -5.08. The topological polar surface area (TPSA) is 67.6 Å². The van der Waals surface area contributed by atoms with Gasteiger partial charge >= 0.3 is 12.1 Å². The Labute approximate surface area is 191 Å². The highest BCUT2D eigenvalue weighted by Gasteiger charge is 2.43. The molecular weight excluding hydrogens is 462 g/mol. The van der Waals surface area contributed by atoms with Crippen molar-refractivity contribution in [1.29, 1.82) is 0 Å². The lowest BCUT2D eigenvalue weighted by molar-refractivity contribution is -0.192. The molecule has 1 atom stereocenters. The lowest BCUT2D eigenvalue weighted by Gasteiger charge is -2.35. The minimum absolute atomic E-state index is 0.172. The normalized spacial score (nSPS) is 20.4. The fraction of sp³-hybridized carbons (Fsp3) is 0.364. The van der Waals surface area contributed by atoms with Crippen LogP contribution in [0.5, 0.6) is 0 Å². The number of benzene rings is 1. The number of hydrogen-bond donors (Lipinski definition) is 1. The average molecular weight is 483 g/mol. The van der Waals surface area contributed by atoms with Gasteiger partial charge in [0.1, 0.15) is 23.8 Å². The van der Waals surface area contributed by atoms with Crippen LogP contribution in [0.2, 0.25) is 0 Å². The number of alkyl halides is 3. The fourth-order valence-corrected chi connectivity index (χ4v) is 4.75. The lowest BCUT2D eigenvalue weighted by atomic mass is 10.0. The summed E-state index contributed by atoms with van der Waals surface area (Å²) in [7, 11) is 0. The number of thiophene rings is 1. The zero-order valence-electron chi connectivity index (χ0n) is 17.4. The van der Waals surface area contributed by atoms with E-state index in [2.05, 4.69) is 31.3 Å². The van der Waals surface area contributed by atoms with E-state index in [1.807, 2.05) is 12.3 Å². The van der Waals surface area contributed by atoms with E-state index in [-0.39, 0.29) is 11.4 Å². The zero-order chi connectivity index (χ0) is 23.6. The van der Waals surface area contributed by atoms with Crippen LogP contribution in [-0.2, 0) is 29.2 Å². The number of aromatic nitrogens is 2. The maximum Gasteiger partial charge on any atom is 0.490 e. The van der Waals surface area contributed by atoms with Gasteiger partial charge < -0.3 is 14.4 Å². The van der Waals surface area contributed by atoms with Gasteiger partial charge in [-0.1, -0.05) is 12.1 Å². The standard InChI is InChI=1S/C20H20FN3OS.C2HF3O2/c21-17-3-1-2-15(8-17)10-23-6-5-20(13-23)14-24-18(16-4-7-26-12-16)9-22-19(24)11-25-20;3-2(4,5)1(6)7/h1-4,7-9,12H,5-6,10-11,13-14H2;(H,6,7). The number of imidazole rings is 1. The minimum Gasteiger partial charge on any atom is -0.475 e. The summed E-state index contributed by atoms with van der Waals surface area (Å²) < 4.78 is 53.8. The number of fused-ring (bicyclic) bond motifs is 1. The molecule has 5 rings (SSSR count). The molecule has 3 aromatic rings. The molecule has 0 radical (unpaired) electrons. The third-order valence-electron chi connectivity index (χ3n) is 5.64. The largest absolute Gasteiger partial charge is 0.490 e.